The normalized spacial score (nSPS) is 13.6. The van der Waals surface area contributed by atoms with Gasteiger partial charge in [0.2, 0.25) is 8.32 Å². The lowest BCUT2D eigenvalue weighted by Crippen LogP contribution is -2.29. The number of rotatable bonds is 5. The molecule has 20 heavy (non-hydrogen) atoms. The van der Waals surface area contributed by atoms with Crippen LogP contribution in [0.3, 0.4) is 0 Å². The van der Waals surface area contributed by atoms with Crippen molar-refractivity contribution in [3.8, 4) is 5.75 Å². The van der Waals surface area contributed by atoms with Crippen LogP contribution in [0, 0.1) is 0 Å². The van der Waals surface area contributed by atoms with Crippen LogP contribution in [0.15, 0.2) is 24.3 Å². The van der Waals surface area contributed by atoms with Gasteiger partial charge < -0.3 is 10.2 Å². The molecule has 0 radical (unpaired) electrons. The maximum atomic E-state index is 12.1. The highest BCUT2D eigenvalue weighted by atomic mass is 35.5. The first-order chi connectivity index (χ1) is 8.57. The average molecular weight is 328 g/mol. The first-order valence-corrected chi connectivity index (χ1v) is 9.59. The van der Waals surface area contributed by atoms with Crippen molar-refractivity contribution in [2.75, 3.05) is 0 Å². The Kier molecular flexibility index (Phi) is 7.07. The second-order valence-corrected chi connectivity index (χ2v) is 9.97. The first kappa shape index (κ1) is 19.3. The van der Waals surface area contributed by atoms with Crippen LogP contribution < -0.4 is 10.2 Å². The van der Waals surface area contributed by atoms with Gasteiger partial charge in [0.25, 0.3) is 0 Å². The Balaban J connectivity index is 0.00000361. The molecule has 116 valence electrons. The average Bonchev–Trinajstić information content (AvgIpc) is 2.23. The van der Waals surface area contributed by atoms with Crippen LogP contribution in [0.4, 0.5) is 13.2 Å². The monoisotopic (exact) mass is 327 g/mol. The number of hydrogen-bond acceptors (Lipinski definition) is 2. The molecular formula is C13H21ClF3NOSi. The van der Waals surface area contributed by atoms with Crippen LogP contribution in [-0.4, -0.2) is 14.5 Å². The standard InChI is InChI=1S/C13H20F3NOSi.ClH/c1-19(2,3)18-11-6-4-10(5-7-11)12(17)8-9-13(14,15)16;/h4-7,12H,8-9,17H2,1-3H3;1H/t12-;/m0./s1. The first-order valence-electron chi connectivity index (χ1n) is 6.18. The molecule has 0 aromatic heterocycles. The molecule has 7 heteroatoms. The number of halogens is 4. The third-order valence-electron chi connectivity index (χ3n) is 2.47. The summed E-state index contributed by atoms with van der Waals surface area (Å²) in [5.41, 5.74) is 6.45. The zero-order valence-corrected chi connectivity index (χ0v) is 13.6. The Morgan fingerprint density at radius 2 is 1.65 bits per heavy atom. The lowest BCUT2D eigenvalue weighted by Gasteiger charge is -2.20. The van der Waals surface area contributed by atoms with Gasteiger partial charge in [-0.1, -0.05) is 12.1 Å². The van der Waals surface area contributed by atoms with Crippen molar-refractivity contribution in [1.82, 2.24) is 0 Å². The molecule has 1 rings (SSSR count). The van der Waals surface area contributed by atoms with Crippen molar-refractivity contribution in [3.63, 3.8) is 0 Å². The van der Waals surface area contributed by atoms with Gasteiger partial charge >= 0.3 is 6.18 Å². The smallest absolute Gasteiger partial charge is 0.389 e. The number of hydrogen-bond donors (Lipinski definition) is 1. The summed E-state index contributed by atoms with van der Waals surface area (Å²) >= 11 is 0. The largest absolute Gasteiger partial charge is 0.544 e. The highest BCUT2D eigenvalue weighted by Gasteiger charge is 2.27. The molecule has 0 unspecified atom stereocenters. The summed E-state index contributed by atoms with van der Waals surface area (Å²) in [7, 11) is -1.66. The summed E-state index contributed by atoms with van der Waals surface area (Å²) in [5, 5.41) is 0. The van der Waals surface area contributed by atoms with Crippen molar-refractivity contribution in [2.45, 2.75) is 44.7 Å². The maximum Gasteiger partial charge on any atom is 0.389 e. The van der Waals surface area contributed by atoms with E-state index >= 15 is 0 Å². The zero-order chi connectivity index (χ0) is 14.7. The van der Waals surface area contributed by atoms with Gasteiger partial charge in [-0.05, 0) is 43.8 Å². The fourth-order valence-electron chi connectivity index (χ4n) is 1.62. The van der Waals surface area contributed by atoms with Crippen LogP contribution in [0.1, 0.15) is 24.4 Å². The molecule has 2 N–H and O–H groups in total. The number of alkyl halides is 3. The van der Waals surface area contributed by atoms with Gasteiger partial charge in [-0.25, -0.2) is 0 Å². The predicted octanol–water partition coefficient (Wildman–Crippen LogP) is 4.66. The van der Waals surface area contributed by atoms with Crippen molar-refractivity contribution in [1.29, 1.82) is 0 Å². The van der Waals surface area contributed by atoms with Crippen molar-refractivity contribution < 1.29 is 17.6 Å². The highest BCUT2D eigenvalue weighted by molar-refractivity contribution is 6.70. The van der Waals surface area contributed by atoms with E-state index in [1.54, 1.807) is 24.3 Å². The second-order valence-electron chi connectivity index (χ2n) is 5.54. The van der Waals surface area contributed by atoms with E-state index in [2.05, 4.69) is 19.6 Å². The topological polar surface area (TPSA) is 35.2 Å². The molecule has 2 nitrogen and oxygen atoms in total. The van der Waals surface area contributed by atoms with Crippen LogP contribution in [-0.2, 0) is 0 Å². The third-order valence-corrected chi connectivity index (χ3v) is 3.32. The molecule has 0 heterocycles. The molecule has 0 aliphatic carbocycles. The minimum Gasteiger partial charge on any atom is -0.544 e. The lowest BCUT2D eigenvalue weighted by molar-refractivity contribution is -0.136. The summed E-state index contributed by atoms with van der Waals surface area (Å²) < 4.78 is 42.1. The molecule has 0 saturated carbocycles. The fourth-order valence-corrected chi connectivity index (χ4v) is 2.47. The van der Waals surface area contributed by atoms with Gasteiger partial charge in [-0.3, -0.25) is 0 Å². The fraction of sp³-hybridized carbons (Fsp3) is 0.538. The van der Waals surface area contributed by atoms with Crippen LogP contribution >= 0.6 is 12.4 Å². The Morgan fingerprint density at radius 3 is 2.05 bits per heavy atom. The third kappa shape index (κ3) is 7.77. The molecule has 1 atom stereocenters. The molecule has 1 aromatic carbocycles. The molecule has 0 saturated heterocycles. The van der Waals surface area contributed by atoms with E-state index < -0.39 is 27.0 Å². The van der Waals surface area contributed by atoms with Crippen molar-refractivity contribution in [3.05, 3.63) is 29.8 Å². The van der Waals surface area contributed by atoms with Gasteiger partial charge in [-0.2, -0.15) is 13.2 Å². The minimum absolute atomic E-state index is 0. The molecule has 1 aromatic rings. The van der Waals surface area contributed by atoms with E-state index in [9.17, 15) is 13.2 Å². The molecule has 0 bridgehead atoms. The minimum atomic E-state index is -4.15. The van der Waals surface area contributed by atoms with E-state index in [4.69, 9.17) is 10.2 Å². The molecule has 0 spiro atoms. The lowest BCUT2D eigenvalue weighted by atomic mass is 10.0. The van der Waals surface area contributed by atoms with Crippen molar-refractivity contribution >= 4 is 20.7 Å². The van der Waals surface area contributed by atoms with E-state index in [-0.39, 0.29) is 18.8 Å². The Bertz CT molecular complexity index is 404. The number of benzene rings is 1. The predicted molar refractivity (Wildman–Crippen MR) is 79.9 cm³/mol. The summed E-state index contributed by atoms with van der Waals surface area (Å²) in [6.07, 6.45) is -5.11. The maximum absolute atomic E-state index is 12.1. The van der Waals surface area contributed by atoms with E-state index in [0.29, 0.717) is 5.56 Å². The molecule has 0 aliphatic heterocycles. The van der Waals surface area contributed by atoms with E-state index in [1.165, 1.54) is 0 Å². The molecular weight excluding hydrogens is 307 g/mol. The SMILES string of the molecule is C[Si](C)(C)Oc1ccc([C@@H](N)CCC(F)(F)F)cc1.Cl. The van der Waals surface area contributed by atoms with Gasteiger partial charge in [0.1, 0.15) is 5.75 Å². The Labute approximate surface area is 125 Å². The summed E-state index contributed by atoms with van der Waals surface area (Å²) in [6, 6.07) is 6.40. The van der Waals surface area contributed by atoms with Crippen LogP contribution in [0.2, 0.25) is 19.6 Å². The molecule has 0 fully saturated rings. The van der Waals surface area contributed by atoms with Crippen LogP contribution in [0.25, 0.3) is 0 Å². The molecule has 0 amide bonds. The summed E-state index contributed by atoms with van der Waals surface area (Å²) in [4.78, 5) is 0. The van der Waals surface area contributed by atoms with Crippen LogP contribution in [0.5, 0.6) is 5.75 Å². The van der Waals surface area contributed by atoms with E-state index in [0.717, 1.165) is 5.75 Å². The number of nitrogens with two attached hydrogens (primary N) is 1. The summed E-state index contributed by atoms with van der Waals surface area (Å²) in [6.45, 7) is 6.20. The van der Waals surface area contributed by atoms with Gasteiger partial charge in [-0.15, -0.1) is 12.4 Å². The van der Waals surface area contributed by atoms with E-state index in [1.807, 2.05) is 0 Å². The van der Waals surface area contributed by atoms with Gasteiger partial charge in [0.05, 0.1) is 0 Å². The van der Waals surface area contributed by atoms with Gasteiger partial charge in [0, 0.05) is 12.5 Å². The molecule has 0 aliphatic rings. The highest BCUT2D eigenvalue weighted by Crippen LogP contribution is 2.27. The zero-order valence-electron chi connectivity index (χ0n) is 11.8. The van der Waals surface area contributed by atoms with Crippen molar-refractivity contribution in [2.24, 2.45) is 5.73 Å². The summed E-state index contributed by atoms with van der Waals surface area (Å²) in [5.74, 6) is 0.742. The van der Waals surface area contributed by atoms with Gasteiger partial charge in [0.15, 0.2) is 0 Å². The quantitative estimate of drug-likeness (QED) is 0.798. The Morgan fingerprint density at radius 1 is 1.15 bits per heavy atom. The Hall–Kier alpha value is -0.723. The second kappa shape index (κ2) is 7.33.